The highest BCUT2D eigenvalue weighted by molar-refractivity contribution is 5.76. The maximum absolute atomic E-state index is 13.2. The van der Waals surface area contributed by atoms with E-state index in [2.05, 4.69) is 5.16 Å². The molecule has 0 saturated heterocycles. The average molecular weight is 252 g/mol. The van der Waals surface area contributed by atoms with Gasteiger partial charge in [-0.25, -0.2) is 8.78 Å². The molecule has 0 saturated carbocycles. The second-order valence-electron chi connectivity index (χ2n) is 5.18. The summed E-state index contributed by atoms with van der Waals surface area (Å²) in [4.78, 5) is 0. The van der Waals surface area contributed by atoms with Gasteiger partial charge in [-0.1, -0.05) is 25.9 Å². The summed E-state index contributed by atoms with van der Waals surface area (Å²) in [6, 6.07) is 3.23. The van der Waals surface area contributed by atoms with Gasteiger partial charge < -0.3 is 10.3 Å². The quantitative estimate of drug-likeness (QED) is 0.845. The van der Waals surface area contributed by atoms with Crippen LogP contribution in [0.15, 0.2) is 22.7 Å². The second kappa shape index (κ2) is 4.08. The average Bonchev–Trinajstić information content (AvgIpc) is 2.57. The Morgan fingerprint density at radius 2 is 1.67 bits per heavy atom. The molecule has 96 valence electrons. The molecular weight excluding hydrogens is 238 g/mol. The summed E-state index contributed by atoms with van der Waals surface area (Å²) in [7, 11) is 0. The molecule has 0 atom stereocenters. The van der Waals surface area contributed by atoms with Crippen molar-refractivity contribution in [2.24, 2.45) is 0 Å². The maximum atomic E-state index is 13.2. The number of nitrogens with zero attached hydrogens (tertiary/aromatic N) is 1. The molecule has 0 aliphatic rings. The fourth-order valence-electron chi connectivity index (χ4n) is 1.79. The Bertz CT molecular complexity index is 565. The number of nitrogen functional groups attached to an aromatic ring is 1. The van der Waals surface area contributed by atoms with E-state index in [-0.39, 0.29) is 11.3 Å². The minimum atomic E-state index is -0.662. The van der Waals surface area contributed by atoms with Crippen molar-refractivity contribution < 1.29 is 13.3 Å². The van der Waals surface area contributed by atoms with E-state index < -0.39 is 11.6 Å². The lowest BCUT2D eigenvalue weighted by Crippen LogP contribution is -2.13. The van der Waals surface area contributed by atoms with E-state index in [1.165, 1.54) is 12.1 Å². The zero-order valence-corrected chi connectivity index (χ0v) is 10.4. The molecule has 0 spiro atoms. The zero-order valence-electron chi connectivity index (χ0n) is 10.4. The maximum Gasteiger partial charge on any atom is 0.230 e. The van der Waals surface area contributed by atoms with Crippen LogP contribution in [-0.4, -0.2) is 5.16 Å². The summed E-state index contributed by atoms with van der Waals surface area (Å²) in [5, 5.41) is 3.88. The van der Waals surface area contributed by atoms with Crippen LogP contribution in [0.25, 0.3) is 11.1 Å². The number of anilines is 1. The molecule has 0 radical (unpaired) electrons. The van der Waals surface area contributed by atoms with Crippen molar-refractivity contribution in [1.82, 2.24) is 5.16 Å². The first-order valence-corrected chi connectivity index (χ1v) is 5.51. The van der Waals surface area contributed by atoms with Gasteiger partial charge in [0.2, 0.25) is 5.88 Å². The predicted molar refractivity (Wildman–Crippen MR) is 65.0 cm³/mol. The Morgan fingerprint density at radius 1 is 1.11 bits per heavy atom. The Labute approximate surface area is 104 Å². The van der Waals surface area contributed by atoms with Crippen LogP contribution in [0.1, 0.15) is 26.5 Å². The highest BCUT2D eigenvalue weighted by atomic mass is 19.1. The van der Waals surface area contributed by atoms with Gasteiger partial charge in [-0.15, -0.1) is 0 Å². The Hall–Kier alpha value is -1.91. The van der Waals surface area contributed by atoms with Gasteiger partial charge in [-0.2, -0.15) is 0 Å². The standard InChI is InChI=1S/C13H14F2N2O/c1-13(2,3)11-10(12(16)18-17-11)7-4-8(14)6-9(15)5-7/h4-6H,16H2,1-3H3. The predicted octanol–water partition coefficient (Wildman–Crippen LogP) is 3.50. The van der Waals surface area contributed by atoms with Crippen molar-refractivity contribution in [2.45, 2.75) is 26.2 Å². The number of halogens is 2. The van der Waals surface area contributed by atoms with Crippen LogP contribution in [0.3, 0.4) is 0 Å². The molecular formula is C13H14F2N2O. The molecule has 18 heavy (non-hydrogen) atoms. The van der Waals surface area contributed by atoms with Gasteiger partial charge in [0.05, 0.1) is 11.3 Å². The lowest BCUT2D eigenvalue weighted by Gasteiger charge is -2.16. The molecule has 3 nitrogen and oxygen atoms in total. The van der Waals surface area contributed by atoms with Crippen LogP contribution in [-0.2, 0) is 5.41 Å². The second-order valence-corrected chi connectivity index (χ2v) is 5.18. The van der Waals surface area contributed by atoms with Crippen molar-refractivity contribution in [3.05, 3.63) is 35.5 Å². The summed E-state index contributed by atoms with van der Waals surface area (Å²) in [5.41, 5.74) is 6.71. The molecule has 0 aliphatic heterocycles. The SMILES string of the molecule is CC(C)(C)c1noc(N)c1-c1cc(F)cc(F)c1. The number of nitrogens with two attached hydrogens (primary N) is 1. The van der Waals surface area contributed by atoms with Gasteiger partial charge in [0.25, 0.3) is 0 Å². The van der Waals surface area contributed by atoms with Crippen molar-refractivity contribution >= 4 is 5.88 Å². The number of rotatable bonds is 1. The van der Waals surface area contributed by atoms with Crippen LogP contribution < -0.4 is 5.73 Å². The third-order valence-electron chi connectivity index (χ3n) is 2.58. The number of benzene rings is 1. The first-order chi connectivity index (χ1) is 8.29. The van der Waals surface area contributed by atoms with E-state index in [1.807, 2.05) is 20.8 Å². The van der Waals surface area contributed by atoms with Gasteiger partial charge in [0.1, 0.15) is 11.6 Å². The summed E-state index contributed by atoms with van der Waals surface area (Å²) >= 11 is 0. The van der Waals surface area contributed by atoms with Crippen molar-refractivity contribution in [1.29, 1.82) is 0 Å². The van der Waals surface area contributed by atoms with Crippen LogP contribution in [0.2, 0.25) is 0 Å². The number of aromatic nitrogens is 1. The Kier molecular flexibility index (Phi) is 2.84. The van der Waals surface area contributed by atoms with E-state index in [9.17, 15) is 8.78 Å². The Balaban J connectivity index is 2.67. The van der Waals surface area contributed by atoms with Gasteiger partial charge in [0, 0.05) is 11.5 Å². The first-order valence-electron chi connectivity index (χ1n) is 5.51. The van der Waals surface area contributed by atoms with Crippen LogP contribution in [0.4, 0.5) is 14.7 Å². The summed E-state index contributed by atoms with van der Waals surface area (Å²) < 4.78 is 31.4. The van der Waals surface area contributed by atoms with Gasteiger partial charge in [0.15, 0.2) is 0 Å². The van der Waals surface area contributed by atoms with E-state index in [0.717, 1.165) is 6.07 Å². The lowest BCUT2D eigenvalue weighted by molar-refractivity contribution is 0.405. The molecule has 0 fully saturated rings. The minimum Gasteiger partial charge on any atom is -0.367 e. The van der Waals surface area contributed by atoms with Crippen molar-refractivity contribution in [2.75, 3.05) is 5.73 Å². The van der Waals surface area contributed by atoms with Crippen LogP contribution >= 0.6 is 0 Å². The molecule has 1 aromatic heterocycles. The molecule has 0 aliphatic carbocycles. The van der Waals surface area contributed by atoms with Gasteiger partial charge >= 0.3 is 0 Å². The molecule has 0 unspecified atom stereocenters. The smallest absolute Gasteiger partial charge is 0.230 e. The van der Waals surface area contributed by atoms with Crippen molar-refractivity contribution in [3.8, 4) is 11.1 Å². The topological polar surface area (TPSA) is 52.0 Å². The van der Waals surface area contributed by atoms with Crippen molar-refractivity contribution in [3.63, 3.8) is 0 Å². The monoisotopic (exact) mass is 252 g/mol. The molecule has 1 heterocycles. The largest absolute Gasteiger partial charge is 0.367 e. The first kappa shape index (κ1) is 12.5. The normalized spacial score (nSPS) is 11.8. The summed E-state index contributed by atoms with van der Waals surface area (Å²) in [6.07, 6.45) is 0. The summed E-state index contributed by atoms with van der Waals surface area (Å²) in [6.45, 7) is 5.76. The molecule has 2 N–H and O–H groups in total. The molecule has 0 amide bonds. The zero-order chi connectivity index (χ0) is 13.5. The number of hydrogen-bond acceptors (Lipinski definition) is 3. The lowest BCUT2D eigenvalue weighted by atomic mass is 9.87. The molecule has 2 aromatic rings. The highest BCUT2D eigenvalue weighted by Crippen LogP contribution is 2.36. The fraction of sp³-hybridized carbons (Fsp3) is 0.308. The fourth-order valence-corrected chi connectivity index (χ4v) is 1.79. The van der Waals surface area contributed by atoms with E-state index in [0.29, 0.717) is 16.8 Å². The Morgan fingerprint density at radius 3 is 2.17 bits per heavy atom. The molecule has 1 aromatic carbocycles. The van der Waals surface area contributed by atoms with Crippen LogP contribution in [0, 0.1) is 11.6 Å². The van der Waals surface area contributed by atoms with E-state index in [4.69, 9.17) is 10.3 Å². The minimum absolute atomic E-state index is 0.0601. The number of hydrogen-bond donors (Lipinski definition) is 1. The molecule has 5 heteroatoms. The third kappa shape index (κ3) is 2.20. The van der Waals surface area contributed by atoms with Crippen LogP contribution in [0.5, 0.6) is 0 Å². The van der Waals surface area contributed by atoms with E-state index in [1.54, 1.807) is 0 Å². The third-order valence-corrected chi connectivity index (χ3v) is 2.58. The van der Waals surface area contributed by atoms with E-state index >= 15 is 0 Å². The molecule has 0 bridgehead atoms. The summed E-state index contributed by atoms with van der Waals surface area (Å²) in [5.74, 6) is -1.26. The molecule has 2 rings (SSSR count). The highest BCUT2D eigenvalue weighted by Gasteiger charge is 2.26. The van der Waals surface area contributed by atoms with Gasteiger partial charge in [-0.3, -0.25) is 0 Å². The van der Waals surface area contributed by atoms with Gasteiger partial charge in [-0.05, 0) is 17.7 Å².